The van der Waals surface area contributed by atoms with Crippen LogP contribution in [0.1, 0.15) is 18.4 Å². The SMILES string of the molecule is Nc1ccnc(N(Cc2ccccc2)C2CC2)c1. The van der Waals surface area contributed by atoms with E-state index in [1.165, 1.54) is 18.4 Å². The summed E-state index contributed by atoms with van der Waals surface area (Å²) >= 11 is 0. The summed E-state index contributed by atoms with van der Waals surface area (Å²) in [6.45, 7) is 0.905. The molecule has 0 atom stereocenters. The van der Waals surface area contributed by atoms with E-state index in [-0.39, 0.29) is 0 Å². The molecule has 1 aliphatic rings. The Morgan fingerprint density at radius 1 is 1.17 bits per heavy atom. The van der Waals surface area contributed by atoms with E-state index < -0.39 is 0 Å². The molecule has 0 radical (unpaired) electrons. The minimum absolute atomic E-state index is 0.625. The van der Waals surface area contributed by atoms with Gasteiger partial charge in [-0.25, -0.2) is 4.98 Å². The number of aromatic nitrogens is 1. The number of benzene rings is 1. The highest BCUT2D eigenvalue weighted by atomic mass is 15.2. The van der Waals surface area contributed by atoms with Gasteiger partial charge in [-0.3, -0.25) is 0 Å². The molecule has 0 saturated heterocycles. The number of anilines is 2. The molecule has 2 aromatic rings. The minimum atomic E-state index is 0.625. The van der Waals surface area contributed by atoms with Gasteiger partial charge in [-0.15, -0.1) is 0 Å². The standard InChI is InChI=1S/C15H17N3/c16-13-8-9-17-15(10-13)18(14-6-7-14)11-12-4-2-1-3-5-12/h1-5,8-10,14H,6-7,11H2,(H2,16,17). The van der Waals surface area contributed by atoms with Crippen molar-refractivity contribution in [2.75, 3.05) is 10.6 Å². The van der Waals surface area contributed by atoms with Crippen molar-refractivity contribution in [3.05, 3.63) is 54.2 Å². The minimum Gasteiger partial charge on any atom is -0.399 e. The highest BCUT2D eigenvalue weighted by molar-refractivity contribution is 5.52. The van der Waals surface area contributed by atoms with Crippen LogP contribution in [0.15, 0.2) is 48.7 Å². The molecule has 1 aromatic heterocycles. The van der Waals surface area contributed by atoms with Crippen LogP contribution < -0.4 is 10.6 Å². The van der Waals surface area contributed by atoms with Crippen molar-refractivity contribution in [2.24, 2.45) is 0 Å². The molecule has 92 valence electrons. The fourth-order valence-corrected chi connectivity index (χ4v) is 2.15. The molecule has 3 nitrogen and oxygen atoms in total. The second-order valence-electron chi connectivity index (χ2n) is 4.79. The summed E-state index contributed by atoms with van der Waals surface area (Å²) in [5.41, 5.74) is 7.93. The predicted molar refractivity (Wildman–Crippen MR) is 74.3 cm³/mol. The van der Waals surface area contributed by atoms with Gasteiger partial charge in [-0.1, -0.05) is 30.3 Å². The molecule has 1 aliphatic carbocycles. The molecule has 2 N–H and O–H groups in total. The van der Waals surface area contributed by atoms with Gasteiger partial charge < -0.3 is 10.6 Å². The van der Waals surface area contributed by atoms with Crippen LogP contribution in [0.25, 0.3) is 0 Å². The second-order valence-corrected chi connectivity index (χ2v) is 4.79. The van der Waals surface area contributed by atoms with Gasteiger partial charge in [0.25, 0.3) is 0 Å². The number of hydrogen-bond donors (Lipinski definition) is 1. The highest BCUT2D eigenvalue weighted by Gasteiger charge is 2.30. The molecule has 0 unspecified atom stereocenters. The normalized spacial score (nSPS) is 14.4. The van der Waals surface area contributed by atoms with E-state index in [9.17, 15) is 0 Å². The third-order valence-corrected chi connectivity index (χ3v) is 3.25. The molecular formula is C15H17N3. The molecule has 1 saturated carbocycles. The maximum atomic E-state index is 5.84. The van der Waals surface area contributed by atoms with Gasteiger partial charge in [0.1, 0.15) is 5.82 Å². The molecule has 3 heteroatoms. The lowest BCUT2D eigenvalue weighted by molar-refractivity contribution is 0.779. The Kier molecular flexibility index (Phi) is 2.89. The van der Waals surface area contributed by atoms with E-state index in [2.05, 4.69) is 34.1 Å². The quantitative estimate of drug-likeness (QED) is 0.892. The Bertz CT molecular complexity index is 520. The van der Waals surface area contributed by atoms with Crippen molar-refractivity contribution in [1.29, 1.82) is 0 Å². The van der Waals surface area contributed by atoms with E-state index in [0.29, 0.717) is 6.04 Å². The fourth-order valence-electron chi connectivity index (χ4n) is 2.15. The van der Waals surface area contributed by atoms with E-state index >= 15 is 0 Å². The Labute approximate surface area is 107 Å². The zero-order valence-corrected chi connectivity index (χ0v) is 10.3. The molecule has 0 aliphatic heterocycles. The monoisotopic (exact) mass is 239 g/mol. The van der Waals surface area contributed by atoms with Crippen LogP contribution in [0.5, 0.6) is 0 Å². The zero-order chi connectivity index (χ0) is 12.4. The third-order valence-electron chi connectivity index (χ3n) is 3.25. The molecule has 1 heterocycles. The summed E-state index contributed by atoms with van der Waals surface area (Å²) in [7, 11) is 0. The van der Waals surface area contributed by atoms with Crippen molar-refractivity contribution >= 4 is 11.5 Å². The van der Waals surface area contributed by atoms with Crippen molar-refractivity contribution in [3.8, 4) is 0 Å². The Hall–Kier alpha value is -2.03. The Morgan fingerprint density at radius 2 is 1.94 bits per heavy atom. The highest BCUT2D eigenvalue weighted by Crippen LogP contribution is 2.32. The van der Waals surface area contributed by atoms with Gasteiger partial charge in [0, 0.05) is 30.5 Å². The molecule has 0 bridgehead atoms. The van der Waals surface area contributed by atoms with Crippen LogP contribution in [0, 0.1) is 0 Å². The number of nitrogen functional groups attached to an aromatic ring is 1. The van der Waals surface area contributed by atoms with Crippen molar-refractivity contribution < 1.29 is 0 Å². The Balaban J connectivity index is 1.85. The number of rotatable bonds is 4. The number of pyridine rings is 1. The second kappa shape index (κ2) is 4.69. The number of nitrogens with zero attached hydrogens (tertiary/aromatic N) is 2. The molecule has 18 heavy (non-hydrogen) atoms. The number of nitrogens with two attached hydrogens (primary N) is 1. The predicted octanol–water partition coefficient (Wildman–Crippen LogP) is 2.83. The summed E-state index contributed by atoms with van der Waals surface area (Å²) in [4.78, 5) is 6.80. The molecule has 1 aromatic carbocycles. The summed E-state index contributed by atoms with van der Waals surface area (Å²) in [5.74, 6) is 0.987. The first-order valence-electron chi connectivity index (χ1n) is 6.35. The first-order valence-corrected chi connectivity index (χ1v) is 6.35. The van der Waals surface area contributed by atoms with Crippen molar-refractivity contribution in [3.63, 3.8) is 0 Å². The van der Waals surface area contributed by atoms with Gasteiger partial charge in [-0.2, -0.15) is 0 Å². The fraction of sp³-hybridized carbons (Fsp3) is 0.267. The van der Waals surface area contributed by atoms with E-state index in [1.54, 1.807) is 6.20 Å². The largest absolute Gasteiger partial charge is 0.399 e. The summed E-state index contributed by atoms with van der Waals surface area (Å²) in [5, 5.41) is 0. The molecular weight excluding hydrogens is 222 g/mol. The van der Waals surface area contributed by atoms with Gasteiger partial charge in [0.2, 0.25) is 0 Å². The molecule has 0 spiro atoms. The maximum Gasteiger partial charge on any atom is 0.131 e. The average Bonchev–Trinajstić information content (AvgIpc) is 3.21. The van der Waals surface area contributed by atoms with Crippen LogP contribution in [0.2, 0.25) is 0 Å². The van der Waals surface area contributed by atoms with Crippen LogP contribution in [-0.4, -0.2) is 11.0 Å². The van der Waals surface area contributed by atoms with Gasteiger partial charge in [0.15, 0.2) is 0 Å². The summed E-state index contributed by atoms with van der Waals surface area (Å²) < 4.78 is 0. The first kappa shape index (κ1) is 11.1. The lowest BCUT2D eigenvalue weighted by atomic mass is 10.2. The van der Waals surface area contributed by atoms with Crippen molar-refractivity contribution in [2.45, 2.75) is 25.4 Å². The Morgan fingerprint density at radius 3 is 2.61 bits per heavy atom. The zero-order valence-electron chi connectivity index (χ0n) is 10.3. The van der Waals surface area contributed by atoms with Crippen LogP contribution in [0.4, 0.5) is 11.5 Å². The number of hydrogen-bond acceptors (Lipinski definition) is 3. The molecule has 1 fully saturated rings. The molecule has 0 amide bonds. The molecule has 3 rings (SSSR count). The summed E-state index contributed by atoms with van der Waals surface area (Å²) in [6.07, 6.45) is 4.29. The lowest BCUT2D eigenvalue weighted by Gasteiger charge is -2.23. The smallest absolute Gasteiger partial charge is 0.131 e. The van der Waals surface area contributed by atoms with E-state index in [1.807, 2.05) is 18.2 Å². The van der Waals surface area contributed by atoms with Crippen LogP contribution in [0.3, 0.4) is 0 Å². The van der Waals surface area contributed by atoms with Gasteiger partial charge >= 0.3 is 0 Å². The van der Waals surface area contributed by atoms with Gasteiger partial charge in [-0.05, 0) is 24.5 Å². The first-order chi connectivity index (χ1) is 8.83. The van der Waals surface area contributed by atoms with Crippen molar-refractivity contribution in [1.82, 2.24) is 4.98 Å². The van der Waals surface area contributed by atoms with Crippen LogP contribution in [-0.2, 0) is 6.54 Å². The average molecular weight is 239 g/mol. The van der Waals surface area contributed by atoms with Crippen LogP contribution >= 0.6 is 0 Å². The van der Waals surface area contributed by atoms with Gasteiger partial charge in [0.05, 0.1) is 0 Å². The van der Waals surface area contributed by atoms with E-state index in [4.69, 9.17) is 5.73 Å². The topological polar surface area (TPSA) is 42.1 Å². The third kappa shape index (κ3) is 2.45. The summed E-state index contributed by atoms with van der Waals surface area (Å²) in [6, 6.07) is 14.9. The maximum absolute atomic E-state index is 5.84. The van der Waals surface area contributed by atoms with E-state index in [0.717, 1.165) is 18.1 Å². The lowest BCUT2D eigenvalue weighted by Crippen LogP contribution is -2.25.